The quantitative estimate of drug-likeness (QED) is 0.135. The Kier molecular flexibility index (Phi) is 4.69. The maximum absolute atomic E-state index is 9.49. The van der Waals surface area contributed by atoms with E-state index in [1.165, 1.54) is 20.8 Å². The van der Waals surface area contributed by atoms with E-state index in [1.807, 2.05) is 0 Å². The summed E-state index contributed by atoms with van der Waals surface area (Å²) in [6.45, 7) is 3.76. The number of para-hydroxylation sites is 2. The summed E-state index contributed by atoms with van der Waals surface area (Å²) in [6.07, 6.45) is 0. The van der Waals surface area contributed by atoms with Crippen molar-refractivity contribution in [3.8, 4) is 0 Å². The molecule has 0 atom stereocenters. The summed E-state index contributed by atoms with van der Waals surface area (Å²) in [6, 6.07) is -20.9. The van der Waals surface area contributed by atoms with Crippen LogP contribution in [0, 0.1) is 44.0 Å². The normalized spacial score (nSPS) is 18.1. The van der Waals surface area contributed by atoms with E-state index in [4.69, 9.17) is 30.8 Å². The molecule has 0 saturated carbocycles. The monoisotopic (exact) mass is 906 g/mol. The molecule has 0 bridgehead atoms. The van der Waals surface area contributed by atoms with Crippen LogP contribution in [0.5, 0.6) is 0 Å². The summed E-state index contributed by atoms with van der Waals surface area (Å²) in [5.74, 6) is 0. The summed E-state index contributed by atoms with van der Waals surface area (Å²) < 4.78 is 238. The number of anilines is 9. The van der Waals surface area contributed by atoms with Crippen molar-refractivity contribution in [2.75, 3.05) is 14.7 Å². The van der Waals surface area contributed by atoms with Crippen molar-refractivity contribution in [3.63, 3.8) is 0 Å². The molecule has 0 fully saturated rings. The molecule has 0 amide bonds. The number of benzene rings is 7. The minimum absolute atomic E-state index is 0.0397. The van der Waals surface area contributed by atoms with E-state index in [1.54, 1.807) is 4.63 Å². The number of halogens is 1. The van der Waals surface area contributed by atoms with Gasteiger partial charge < -0.3 is 0 Å². The molecule has 0 aliphatic carbocycles. The fourth-order valence-electron chi connectivity index (χ4n) is 4.77. The van der Waals surface area contributed by atoms with Gasteiger partial charge in [-0.2, -0.15) is 0 Å². The van der Waals surface area contributed by atoms with Crippen molar-refractivity contribution in [1.82, 2.24) is 0 Å². The van der Waals surface area contributed by atoms with E-state index in [0.717, 1.165) is 12.1 Å². The zero-order chi connectivity index (χ0) is 57.9. The van der Waals surface area contributed by atoms with Crippen LogP contribution in [0.15, 0.2) is 169 Å². The Morgan fingerprint density at radius 2 is 0.725 bits per heavy atom. The average Bonchev–Trinajstić information content (AvgIpc) is 3.48. The van der Waals surface area contributed by atoms with Crippen LogP contribution in [0.25, 0.3) is 0 Å². The van der Waals surface area contributed by atoms with E-state index in [-0.39, 0.29) is 20.0 Å². The van der Waals surface area contributed by atoms with Gasteiger partial charge in [0.05, 0.1) is 13.7 Å². The zero-order valence-corrected chi connectivity index (χ0v) is 31.2. The van der Waals surface area contributed by atoms with Crippen molar-refractivity contribution < 1.29 is 58.9 Å². The Morgan fingerprint density at radius 3 is 1.06 bits per heavy atom. The van der Waals surface area contributed by atoms with Crippen LogP contribution in [0.4, 0.5) is 51.2 Å². The van der Waals surface area contributed by atoms with E-state index in [9.17, 15) is 16.4 Å². The van der Waals surface area contributed by atoms with Gasteiger partial charge in [0.25, 0.3) is 0 Å². The van der Waals surface area contributed by atoms with Gasteiger partial charge >= 0.3 is 305 Å². The van der Waals surface area contributed by atoms with Gasteiger partial charge in [-0.3, -0.25) is 0 Å². The van der Waals surface area contributed by atoms with Crippen molar-refractivity contribution in [1.29, 1.82) is 0 Å². The first-order valence-corrected chi connectivity index (χ1v) is 20.1. The smallest absolute Gasteiger partial charge is 0.0623 e. The molecule has 7 aromatic rings. The summed E-state index contributed by atoms with van der Waals surface area (Å²) in [5, 5.41) is -0.837. The van der Waals surface area contributed by atoms with Crippen LogP contribution < -0.4 is 18.0 Å². The fraction of sp³-hybridized carbons (Fsp3) is 0.0870. The van der Waals surface area contributed by atoms with Gasteiger partial charge in [-0.05, 0) is 13.8 Å². The second kappa shape index (κ2) is 15.6. The Morgan fingerprint density at radius 1 is 0.412 bits per heavy atom. The molecule has 3 nitrogen and oxygen atoms in total. The molecule has 0 heterocycles. The van der Waals surface area contributed by atoms with Crippen LogP contribution in [0.2, 0.25) is 9.65 Å². The van der Waals surface area contributed by atoms with Gasteiger partial charge in [0.15, 0.2) is 0 Å². The molecule has 7 rings (SSSR count). The van der Waals surface area contributed by atoms with Crippen molar-refractivity contribution >= 4 is 66.1 Å². The van der Waals surface area contributed by atoms with Crippen LogP contribution in [0.1, 0.15) is 52.3 Å². The van der Waals surface area contributed by atoms with Crippen molar-refractivity contribution in [2.45, 2.75) is 25.4 Å². The van der Waals surface area contributed by atoms with Gasteiger partial charge in [0.1, 0.15) is 0 Å². The Balaban J connectivity index is 1.92. The molecule has 0 saturated heterocycles. The van der Waals surface area contributed by atoms with E-state index in [2.05, 4.69) is 0 Å². The van der Waals surface area contributed by atoms with E-state index < -0.39 is 237 Å². The van der Waals surface area contributed by atoms with Crippen molar-refractivity contribution in [3.05, 3.63) is 191 Å². The molecule has 0 radical (unpaired) electrons. The van der Waals surface area contributed by atoms with Crippen LogP contribution >= 0.6 is 11.6 Å². The maximum atomic E-state index is 9.49. The van der Waals surface area contributed by atoms with Crippen molar-refractivity contribution in [2.24, 2.45) is 0 Å². The molecular weight excluding hydrogens is 840 g/mol. The van der Waals surface area contributed by atoms with E-state index >= 15 is 0 Å². The first-order valence-electron chi connectivity index (χ1n) is 28.0. The standard InChI is InChI=1S/C46H41AtClN3/c1-33-15-23-39(24-16-33)50(40-25-17-34(2)18-26-40)44-31-43(49(37-11-7-5-8-12-37)38-13-9-6-10-14-38)32-45(46(44)48)51(41-27-19-35(3)20-28-41)42-29-21-36(47-4)22-30-42/h5-32,47H,1-4H3/i5D,6D,7D,8D,9D,10D,11D,12D,13D,14D,15D,16D,17D,18D,19D,20D,21D,22D,23D,24D,25D,26D,27D,28D,29D,30D. The Labute approximate surface area is 355 Å². The zero-order valence-electron chi connectivity index (χ0n) is 53.3. The van der Waals surface area contributed by atoms with Gasteiger partial charge in [-0.15, -0.1) is 0 Å². The van der Waals surface area contributed by atoms with Crippen LogP contribution in [0.3, 0.4) is 0 Å². The fourth-order valence-corrected chi connectivity index (χ4v) is 6.24. The third kappa shape index (κ3) is 7.59. The Hall–Kier alpha value is -4.89. The topological polar surface area (TPSA) is 9.72 Å². The van der Waals surface area contributed by atoms with Gasteiger partial charge in [0, 0.05) is 0 Å². The first kappa shape index (κ1) is 15.4. The summed E-state index contributed by atoms with van der Waals surface area (Å²) in [4.78, 5) is 1.93. The van der Waals surface area contributed by atoms with Gasteiger partial charge in [0.2, 0.25) is 0 Å². The molecule has 0 unspecified atom stereocenters. The molecule has 254 valence electrons. The minimum Gasteiger partial charge on any atom is 0.0623 e. The molecule has 7 aromatic carbocycles. The molecular formula is C46H41AtClN3. The summed E-state index contributed by atoms with van der Waals surface area (Å²) in [7, 11) is 0. The molecule has 51 heavy (non-hydrogen) atoms. The SMILES string of the molecule is [2H]c1c([2H])c([2H])c(N(c2cc(N(c3c([2H])c([2H])c(C)c([2H])c3[2H])c3c([2H])c([2H])c(C)c([2H])c3[2H])c(Cl)c(N(c3c([2H])c([2H])c(C)c([2H])c3[2H])c3c([2H])c([2H])c([AtH]C)c([2H])c3[2H])c2)c2c([2H])c([2H])c([2H])c([2H])c2[2H])c([2H])c1[2H]. The number of hydrogen-bond acceptors (Lipinski definition) is 3. The molecule has 0 N–H and O–H groups in total. The van der Waals surface area contributed by atoms with E-state index in [0.29, 0.717) is 14.7 Å². The second-order valence-electron chi connectivity index (χ2n) is 10.6. The molecule has 5 heteroatoms. The van der Waals surface area contributed by atoms with Crippen LogP contribution in [-0.2, 0) is 0 Å². The first-order chi connectivity index (χ1) is 35.7. The molecule has 0 spiro atoms. The summed E-state index contributed by atoms with van der Waals surface area (Å²) >= 11 is 5.81. The van der Waals surface area contributed by atoms with Crippen LogP contribution in [-0.4, -0.2) is 0 Å². The number of hydrogen-bond donors (Lipinski definition) is 0. The minimum atomic E-state index is -1.83. The Bertz CT molecular complexity index is 3430. The second-order valence-corrected chi connectivity index (χ2v) is 14.1. The van der Waals surface area contributed by atoms with Gasteiger partial charge in [-0.25, -0.2) is 0 Å². The molecule has 0 aliphatic rings. The number of rotatable bonds is 10. The third-order valence-electron chi connectivity index (χ3n) is 7.08. The predicted molar refractivity (Wildman–Crippen MR) is 217 cm³/mol. The molecule has 0 aliphatic heterocycles. The average molecular weight is 907 g/mol. The molecule has 0 aromatic heterocycles. The third-order valence-corrected chi connectivity index (χ3v) is 9.85. The number of nitrogens with zero attached hydrogens (tertiary/aromatic N) is 3. The summed E-state index contributed by atoms with van der Waals surface area (Å²) in [5.41, 5.74) is -8.13. The predicted octanol–water partition coefficient (Wildman–Crippen LogP) is 13.2. The van der Waals surface area contributed by atoms with Gasteiger partial charge in [-0.1, -0.05) is 23.2 Å².